The summed E-state index contributed by atoms with van der Waals surface area (Å²) >= 11 is 0. The third-order valence-corrected chi connectivity index (χ3v) is 4.66. The third-order valence-electron chi connectivity index (χ3n) is 4.66. The molecule has 3 rings (SSSR count). The molecular weight excluding hydrogens is 393 g/mol. The summed E-state index contributed by atoms with van der Waals surface area (Å²) in [5.74, 6) is -1.82. The maximum Gasteiger partial charge on any atom is 0.269 e. The molecule has 3 amide bonds. The van der Waals surface area contributed by atoms with E-state index in [9.17, 15) is 18.8 Å². The standard InChI is InChI=1S/C21H22FN3O5/c1-3-30-17-9-8-13(10-18(17)29-2)20(27)23-24-21(28)14-11-19(26)25(12-14)16-7-5-4-6-15(16)22/h4-10,14H,3,11-12H2,1-2H3,(H,23,27)(H,24,28). The topological polar surface area (TPSA) is 97.0 Å². The number of para-hydroxylation sites is 1. The van der Waals surface area contributed by atoms with Gasteiger partial charge in [0.1, 0.15) is 5.82 Å². The first kappa shape index (κ1) is 21.1. The van der Waals surface area contributed by atoms with Gasteiger partial charge < -0.3 is 14.4 Å². The van der Waals surface area contributed by atoms with Gasteiger partial charge in [-0.2, -0.15) is 0 Å². The molecule has 1 aliphatic heterocycles. The zero-order chi connectivity index (χ0) is 21.7. The van der Waals surface area contributed by atoms with Gasteiger partial charge in [0.2, 0.25) is 11.8 Å². The van der Waals surface area contributed by atoms with Crippen LogP contribution in [-0.2, 0) is 9.59 Å². The number of anilines is 1. The largest absolute Gasteiger partial charge is 0.493 e. The molecule has 0 bridgehead atoms. The Hall–Kier alpha value is -3.62. The molecule has 9 heteroatoms. The van der Waals surface area contributed by atoms with Crippen molar-refractivity contribution in [1.82, 2.24) is 10.9 Å². The average molecular weight is 415 g/mol. The van der Waals surface area contributed by atoms with Crippen molar-refractivity contribution in [3.8, 4) is 11.5 Å². The van der Waals surface area contributed by atoms with Crippen LogP contribution >= 0.6 is 0 Å². The maximum absolute atomic E-state index is 14.0. The number of benzene rings is 2. The number of carbonyl (C=O) groups is 3. The predicted molar refractivity (Wildman–Crippen MR) is 107 cm³/mol. The number of rotatable bonds is 6. The minimum Gasteiger partial charge on any atom is -0.493 e. The van der Waals surface area contributed by atoms with Crippen LogP contribution in [0.3, 0.4) is 0 Å². The van der Waals surface area contributed by atoms with E-state index in [4.69, 9.17) is 9.47 Å². The first-order chi connectivity index (χ1) is 14.4. The smallest absolute Gasteiger partial charge is 0.269 e. The molecule has 0 saturated carbocycles. The van der Waals surface area contributed by atoms with E-state index in [1.807, 2.05) is 6.92 Å². The monoisotopic (exact) mass is 415 g/mol. The number of halogens is 1. The molecule has 2 N–H and O–H groups in total. The Bertz CT molecular complexity index is 965. The van der Waals surface area contributed by atoms with E-state index >= 15 is 0 Å². The molecule has 30 heavy (non-hydrogen) atoms. The van der Waals surface area contributed by atoms with Gasteiger partial charge in [-0.3, -0.25) is 25.2 Å². The average Bonchev–Trinajstić information content (AvgIpc) is 3.14. The highest BCUT2D eigenvalue weighted by Crippen LogP contribution is 2.28. The molecule has 1 saturated heterocycles. The number of amides is 3. The Morgan fingerprint density at radius 2 is 1.93 bits per heavy atom. The summed E-state index contributed by atoms with van der Waals surface area (Å²) in [6, 6.07) is 10.5. The van der Waals surface area contributed by atoms with Gasteiger partial charge in [-0.15, -0.1) is 0 Å². The summed E-state index contributed by atoms with van der Waals surface area (Å²) in [5.41, 5.74) is 5.03. The van der Waals surface area contributed by atoms with Crippen LogP contribution in [0.25, 0.3) is 0 Å². The fourth-order valence-electron chi connectivity index (χ4n) is 3.16. The van der Waals surface area contributed by atoms with Crippen LogP contribution in [0.4, 0.5) is 10.1 Å². The third kappa shape index (κ3) is 4.51. The SMILES string of the molecule is CCOc1ccc(C(=O)NNC(=O)C2CC(=O)N(c3ccccc3F)C2)cc1OC. The normalized spacial score (nSPS) is 15.6. The van der Waals surface area contributed by atoms with E-state index in [1.54, 1.807) is 12.1 Å². The first-order valence-corrected chi connectivity index (χ1v) is 9.40. The number of methoxy groups -OCH3 is 1. The summed E-state index contributed by atoms with van der Waals surface area (Å²) in [7, 11) is 1.46. The molecule has 1 aliphatic rings. The zero-order valence-corrected chi connectivity index (χ0v) is 16.6. The summed E-state index contributed by atoms with van der Waals surface area (Å²) in [5, 5.41) is 0. The maximum atomic E-state index is 14.0. The van der Waals surface area contributed by atoms with Crippen molar-refractivity contribution >= 4 is 23.4 Å². The van der Waals surface area contributed by atoms with Crippen molar-refractivity contribution in [3.63, 3.8) is 0 Å². The molecule has 0 spiro atoms. The number of nitrogens with one attached hydrogen (secondary N) is 2. The number of hydrogen-bond donors (Lipinski definition) is 2. The number of nitrogens with zero attached hydrogens (tertiary/aromatic N) is 1. The second kappa shape index (κ2) is 9.25. The molecule has 0 aromatic heterocycles. The lowest BCUT2D eigenvalue weighted by molar-refractivity contribution is -0.126. The summed E-state index contributed by atoms with van der Waals surface area (Å²) in [6.07, 6.45) is -0.0765. The Balaban J connectivity index is 1.60. The lowest BCUT2D eigenvalue weighted by atomic mass is 10.1. The Labute approximate surface area is 172 Å². The summed E-state index contributed by atoms with van der Waals surface area (Å²) in [6.45, 7) is 2.30. The Morgan fingerprint density at radius 3 is 2.63 bits per heavy atom. The van der Waals surface area contributed by atoms with E-state index in [2.05, 4.69) is 10.9 Å². The van der Waals surface area contributed by atoms with Gasteiger partial charge in [-0.25, -0.2) is 4.39 Å². The van der Waals surface area contributed by atoms with Crippen molar-refractivity contribution in [1.29, 1.82) is 0 Å². The Morgan fingerprint density at radius 1 is 1.17 bits per heavy atom. The molecule has 8 nitrogen and oxygen atoms in total. The van der Waals surface area contributed by atoms with Crippen molar-refractivity contribution < 1.29 is 28.2 Å². The predicted octanol–water partition coefficient (Wildman–Crippen LogP) is 2.05. The first-order valence-electron chi connectivity index (χ1n) is 9.40. The highest BCUT2D eigenvalue weighted by molar-refractivity contribution is 6.01. The second-order valence-corrected chi connectivity index (χ2v) is 6.60. The van der Waals surface area contributed by atoms with Gasteiger partial charge in [0.25, 0.3) is 5.91 Å². The summed E-state index contributed by atoms with van der Waals surface area (Å²) < 4.78 is 24.6. The molecule has 2 aromatic rings. The minimum absolute atomic E-state index is 0.0261. The molecule has 158 valence electrons. The van der Waals surface area contributed by atoms with E-state index in [-0.39, 0.29) is 30.1 Å². The lowest BCUT2D eigenvalue weighted by Gasteiger charge is -2.17. The highest BCUT2D eigenvalue weighted by atomic mass is 19.1. The van der Waals surface area contributed by atoms with Crippen molar-refractivity contribution in [3.05, 3.63) is 53.8 Å². The van der Waals surface area contributed by atoms with E-state index < -0.39 is 23.5 Å². The minimum atomic E-state index is -0.715. The number of carbonyl (C=O) groups excluding carboxylic acids is 3. The molecule has 0 aliphatic carbocycles. The molecular formula is C21H22FN3O5. The van der Waals surface area contributed by atoms with Crippen molar-refractivity contribution in [2.45, 2.75) is 13.3 Å². The number of hydrogen-bond acceptors (Lipinski definition) is 5. The van der Waals surface area contributed by atoms with Gasteiger partial charge in [0, 0.05) is 18.5 Å². The van der Waals surface area contributed by atoms with Crippen LogP contribution in [0.2, 0.25) is 0 Å². The molecule has 0 radical (unpaired) electrons. The van der Waals surface area contributed by atoms with Crippen LogP contribution in [0, 0.1) is 11.7 Å². The van der Waals surface area contributed by atoms with Gasteiger partial charge >= 0.3 is 0 Å². The van der Waals surface area contributed by atoms with Crippen molar-refractivity contribution in [2.24, 2.45) is 5.92 Å². The van der Waals surface area contributed by atoms with Gasteiger partial charge in [-0.1, -0.05) is 12.1 Å². The van der Waals surface area contributed by atoms with E-state index in [0.29, 0.717) is 18.1 Å². The van der Waals surface area contributed by atoms with Gasteiger partial charge in [0.15, 0.2) is 11.5 Å². The zero-order valence-electron chi connectivity index (χ0n) is 16.6. The van der Waals surface area contributed by atoms with Gasteiger partial charge in [-0.05, 0) is 37.3 Å². The van der Waals surface area contributed by atoms with E-state index in [0.717, 1.165) is 0 Å². The van der Waals surface area contributed by atoms with Crippen LogP contribution in [0.5, 0.6) is 11.5 Å². The second-order valence-electron chi connectivity index (χ2n) is 6.60. The molecule has 1 heterocycles. The van der Waals surface area contributed by atoms with Crippen LogP contribution in [0.1, 0.15) is 23.7 Å². The molecule has 1 unspecified atom stereocenters. The highest BCUT2D eigenvalue weighted by Gasteiger charge is 2.36. The molecule has 2 aromatic carbocycles. The summed E-state index contributed by atoms with van der Waals surface area (Å²) in [4.78, 5) is 38.2. The van der Waals surface area contributed by atoms with E-state index in [1.165, 1.54) is 42.3 Å². The fraction of sp³-hybridized carbons (Fsp3) is 0.286. The molecule has 1 atom stereocenters. The number of ether oxygens (including phenoxy) is 2. The van der Waals surface area contributed by atoms with Crippen molar-refractivity contribution in [2.75, 3.05) is 25.2 Å². The fourth-order valence-corrected chi connectivity index (χ4v) is 3.16. The lowest BCUT2D eigenvalue weighted by Crippen LogP contribution is -2.45. The van der Waals surface area contributed by atoms with Gasteiger partial charge in [0.05, 0.1) is 25.3 Å². The van der Waals surface area contributed by atoms with Crippen LogP contribution < -0.4 is 25.2 Å². The molecule has 1 fully saturated rings. The quantitative estimate of drug-likeness (QED) is 0.704. The Kier molecular flexibility index (Phi) is 6.51. The van der Waals surface area contributed by atoms with Crippen LogP contribution in [-0.4, -0.2) is 38.0 Å². The number of hydrazine groups is 1. The van der Waals surface area contributed by atoms with Crippen LogP contribution in [0.15, 0.2) is 42.5 Å².